The lowest BCUT2D eigenvalue weighted by molar-refractivity contribution is -0.276. The van der Waals surface area contributed by atoms with Crippen molar-refractivity contribution in [2.45, 2.75) is 26.4 Å². The molecule has 0 N–H and O–H groups in total. The fraction of sp³-hybridized carbons (Fsp3) is 0.400. The van der Waals surface area contributed by atoms with E-state index in [1.807, 2.05) is 0 Å². The van der Waals surface area contributed by atoms with Gasteiger partial charge in [0.25, 0.3) is 0 Å². The molecule has 92 valence electrons. The minimum atomic E-state index is -4.92. The molecule has 1 aromatic heterocycles. The summed E-state index contributed by atoms with van der Waals surface area (Å²) in [6.45, 7) is 0.528. The van der Waals surface area contributed by atoms with E-state index >= 15 is 0 Å². The number of nitriles is 1. The normalized spacial score (nSPS) is 11.1. The first kappa shape index (κ1) is 13.2. The van der Waals surface area contributed by atoms with E-state index in [4.69, 9.17) is 5.26 Å². The fourth-order valence-corrected chi connectivity index (χ4v) is 1.32. The molecule has 0 spiro atoms. The summed E-state index contributed by atoms with van der Waals surface area (Å²) in [4.78, 5) is 3.43. The summed E-state index contributed by atoms with van der Waals surface area (Å²) >= 11 is 0. The van der Waals surface area contributed by atoms with Crippen LogP contribution in [0.1, 0.15) is 16.7 Å². The van der Waals surface area contributed by atoms with Gasteiger partial charge in [-0.2, -0.15) is 5.26 Å². The highest BCUT2D eigenvalue weighted by Gasteiger charge is 2.33. The molecule has 0 fully saturated rings. The molecule has 0 radical (unpaired) electrons. The number of nitrogens with zero attached hydrogens (tertiary/aromatic N) is 2. The van der Waals surface area contributed by atoms with E-state index in [-0.39, 0.29) is 17.5 Å². The Labute approximate surface area is 94.6 Å². The Kier molecular flexibility index (Phi) is 3.89. The fourth-order valence-electron chi connectivity index (χ4n) is 1.32. The van der Waals surface area contributed by atoms with E-state index in [0.717, 1.165) is 6.20 Å². The van der Waals surface area contributed by atoms with Crippen LogP contribution >= 0.6 is 0 Å². The first-order chi connectivity index (χ1) is 7.89. The Morgan fingerprint density at radius 1 is 1.41 bits per heavy atom. The molecule has 1 rings (SSSR count). The van der Waals surface area contributed by atoms with E-state index in [1.54, 1.807) is 6.07 Å². The van der Waals surface area contributed by atoms with Crippen molar-refractivity contribution in [3.63, 3.8) is 0 Å². The topological polar surface area (TPSA) is 45.9 Å². The number of aryl methyl sites for hydroxylation is 1. The van der Waals surface area contributed by atoms with Crippen LogP contribution in [0.5, 0.6) is 5.88 Å². The van der Waals surface area contributed by atoms with Crippen molar-refractivity contribution < 1.29 is 22.3 Å². The summed E-state index contributed by atoms with van der Waals surface area (Å²) in [5.74, 6) is -0.766. The zero-order valence-corrected chi connectivity index (χ0v) is 8.81. The number of hydrogen-bond acceptors (Lipinski definition) is 3. The van der Waals surface area contributed by atoms with Gasteiger partial charge in [-0.3, -0.25) is 0 Å². The number of halogens is 4. The van der Waals surface area contributed by atoms with Crippen LogP contribution in [0.15, 0.2) is 6.20 Å². The predicted octanol–water partition coefficient (Wildman–Crippen LogP) is 2.82. The van der Waals surface area contributed by atoms with Gasteiger partial charge in [-0.25, -0.2) is 9.37 Å². The van der Waals surface area contributed by atoms with Crippen molar-refractivity contribution in [1.82, 2.24) is 4.98 Å². The lowest BCUT2D eigenvalue weighted by atomic mass is 10.0. The summed E-state index contributed by atoms with van der Waals surface area (Å²) in [5, 5.41) is 8.52. The molecular formula is C10H8F4N2O. The lowest BCUT2D eigenvalue weighted by Crippen LogP contribution is -2.19. The summed E-state index contributed by atoms with van der Waals surface area (Å²) in [7, 11) is 0. The average Bonchev–Trinajstić information content (AvgIpc) is 2.21. The molecule has 0 bridgehead atoms. The molecule has 0 aromatic carbocycles. The van der Waals surface area contributed by atoms with Crippen molar-refractivity contribution in [2.24, 2.45) is 0 Å². The number of ether oxygens (including phenoxy) is 1. The van der Waals surface area contributed by atoms with Crippen LogP contribution in [0.4, 0.5) is 17.6 Å². The number of aromatic nitrogens is 1. The maximum Gasteiger partial charge on any atom is 0.574 e. The summed E-state index contributed by atoms with van der Waals surface area (Å²) in [5.41, 5.74) is 0.236. The van der Waals surface area contributed by atoms with Gasteiger partial charge in [0.15, 0.2) is 0 Å². The van der Waals surface area contributed by atoms with Gasteiger partial charge in [-0.1, -0.05) is 0 Å². The molecule has 0 aliphatic rings. The van der Waals surface area contributed by atoms with Gasteiger partial charge >= 0.3 is 6.36 Å². The molecule has 7 heteroatoms. The van der Waals surface area contributed by atoms with Crippen molar-refractivity contribution in [3.8, 4) is 11.9 Å². The van der Waals surface area contributed by atoms with E-state index in [9.17, 15) is 17.6 Å². The van der Waals surface area contributed by atoms with Crippen LogP contribution in [-0.2, 0) is 13.1 Å². The highest BCUT2D eigenvalue weighted by Crippen LogP contribution is 2.28. The minimum absolute atomic E-state index is 0.0146. The average molecular weight is 248 g/mol. The monoisotopic (exact) mass is 248 g/mol. The smallest absolute Gasteiger partial charge is 0.388 e. The summed E-state index contributed by atoms with van der Waals surface area (Å²) < 4.78 is 52.5. The predicted molar refractivity (Wildman–Crippen MR) is 49.8 cm³/mol. The largest absolute Gasteiger partial charge is 0.574 e. The second-order valence-corrected chi connectivity index (χ2v) is 3.22. The number of rotatable bonds is 3. The maximum atomic E-state index is 12.7. The van der Waals surface area contributed by atoms with Crippen LogP contribution in [0.25, 0.3) is 0 Å². The SMILES string of the molecule is Cc1cnc(OC(F)(F)F)c(CC#N)c1CF. The molecular weight excluding hydrogens is 240 g/mol. The molecule has 3 nitrogen and oxygen atoms in total. The molecule has 0 amide bonds. The molecule has 1 heterocycles. The number of pyridine rings is 1. The van der Waals surface area contributed by atoms with Gasteiger partial charge < -0.3 is 4.74 Å². The van der Waals surface area contributed by atoms with Crippen molar-refractivity contribution in [3.05, 3.63) is 22.9 Å². The maximum absolute atomic E-state index is 12.7. The Hall–Kier alpha value is -1.84. The number of alkyl halides is 4. The van der Waals surface area contributed by atoms with Gasteiger partial charge in [0.2, 0.25) is 5.88 Å². The third-order valence-electron chi connectivity index (χ3n) is 2.08. The minimum Gasteiger partial charge on any atom is -0.388 e. The molecule has 0 atom stereocenters. The van der Waals surface area contributed by atoms with Gasteiger partial charge in [-0.15, -0.1) is 13.2 Å². The Bertz CT molecular complexity index is 451. The lowest BCUT2D eigenvalue weighted by Gasteiger charge is -2.14. The van der Waals surface area contributed by atoms with E-state index in [1.165, 1.54) is 6.92 Å². The second kappa shape index (κ2) is 4.99. The van der Waals surface area contributed by atoms with Gasteiger partial charge in [-0.05, 0) is 18.1 Å². The quantitative estimate of drug-likeness (QED) is 0.772. The highest BCUT2D eigenvalue weighted by molar-refractivity contribution is 5.40. The van der Waals surface area contributed by atoms with Crippen LogP contribution in [-0.4, -0.2) is 11.3 Å². The summed E-state index contributed by atoms with van der Waals surface area (Å²) in [6, 6.07) is 1.66. The molecule has 0 aliphatic carbocycles. The second-order valence-electron chi connectivity index (χ2n) is 3.22. The van der Waals surface area contributed by atoms with Crippen LogP contribution in [0.2, 0.25) is 0 Å². The first-order valence-corrected chi connectivity index (χ1v) is 4.55. The zero-order valence-electron chi connectivity index (χ0n) is 8.81. The zero-order chi connectivity index (χ0) is 13.1. The van der Waals surface area contributed by atoms with Crippen LogP contribution in [0, 0.1) is 18.3 Å². The molecule has 0 aliphatic heterocycles. The molecule has 0 unspecified atom stereocenters. The van der Waals surface area contributed by atoms with E-state index in [0.29, 0.717) is 5.56 Å². The van der Waals surface area contributed by atoms with Crippen molar-refractivity contribution in [2.75, 3.05) is 0 Å². The van der Waals surface area contributed by atoms with Crippen LogP contribution in [0.3, 0.4) is 0 Å². The van der Waals surface area contributed by atoms with E-state index < -0.39 is 18.9 Å². The van der Waals surface area contributed by atoms with Crippen molar-refractivity contribution >= 4 is 0 Å². The third kappa shape index (κ3) is 3.31. The Morgan fingerprint density at radius 3 is 2.53 bits per heavy atom. The van der Waals surface area contributed by atoms with Gasteiger partial charge in [0, 0.05) is 11.8 Å². The molecule has 1 aromatic rings. The van der Waals surface area contributed by atoms with Crippen LogP contribution < -0.4 is 4.74 Å². The van der Waals surface area contributed by atoms with Gasteiger partial charge in [0.05, 0.1) is 12.5 Å². The van der Waals surface area contributed by atoms with E-state index in [2.05, 4.69) is 9.72 Å². The Morgan fingerprint density at radius 2 is 2.06 bits per heavy atom. The summed E-state index contributed by atoms with van der Waals surface area (Å²) in [6.07, 6.45) is -4.23. The van der Waals surface area contributed by atoms with Gasteiger partial charge in [0.1, 0.15) is 6.67 Å². The molecule has 17 heavy (non-hydrogen) atoms. The molecule has 0 saturated carbocycles. The number of hydrogen-bond donors (Lipinski definition) is 0. The first-order valence-electron chi connectivity index (χ1n) is 4.55. The standard InChI is InChI=1S/C10H8F4N2O/c1-6-5-16-9(17-10(12,13)14)7(2-3-15)8(6)4-11/h5H,2,4H2,1H3. The molecule has 0 saturated heterocycles. The third-order valence-corrected chi connectivity index (χ3v) is 2.08. The highest BCUT2D eigenvalue weighted by atomic mass is 19.4. The van der Waals surface area contributed by atoms with Crippen molar-refractivity contribution in [1.29, 1.82) is 5.26 Å². The Balaban J connectivity index is 3.26.